The van der Waals surface area contributed by atoms with Gasteiger partial charge in [0.05, 0.1) is 5.41 Å². The van der Waals surface area contributed by atoms with Crippen molar-refractivity contribution in [1.82, 2.24) is 4.90 Å². The summed E-state index contributed by atoms with van der Waals surface area (Å²) in [5, 5.41) is 0. The van der Waals surface area contributed by atoms with Gasteiger partial charge < -0.3 is 14.5 Å². The van der Waals surface area contributed by atoms with Crippen molar-refractivity contribution in [1.29, 1.82) is 0 Å². The molecule has 3 rings (SSSR count). The Balaban J connectivity index is 1.70. The number of hydrogen-bond donors (Lipinski definition) is 0. The molecule has 0 aliphatic carbocycles. The lowest BCUT2D eigenvalue weighted by Crippen LogP contribution is -2.48. The Kier molecular flexibility index (Phi) is 4.86. The summed E-state index contributed by atoms with van der Waals surface area (Å²) >= 11 is 0. The number of alkyl halides is 3. The maximum atomic E-state index is 13.0. The van der Waals surface area contributed by atoms with Crippen molar-refractivity contribution in [2.24, 2.45) is 5.41 Å². The summed E-state index contributed by atoms with van der Waals surface area (Å²) in [5.41, 5.74) is -0.160. The number of amides is 2. The number of piperidine rings is 1. The number of carbonyl (C=O) groups excluding carboxylic acids is 2. The van der Waals surface area contributed by atoms with E-state index in [4.69, 9.17) is 0 Å². The number of halogens is 3. The lowest BCUT2D eigenvalue weighted by atomic mass is 9.76. The van der Waals surface area contributed by atoms with Gasteiger partial charge in [-0.2, -0.15) is 0 Å². The second-order valence-electron chi connectivity index (χ2n) is 6.84. The lowest BCUT2D eigenvalue weighted by molar-refractivity contribution is -0.274. The van der Waals surface area contributed by atoms with Gasteiger partial charge in [-0.05, 0) is 43.5 Å². The Labute approximate surface area is 149 Å². The molecule has 1 atom stereocenters. The van der Waals surface area contributed by atoms with Gasteiger partial charge >= 0.3 is 6.36 Å². The molecule has 142 valence electrons. The molecule has 2 aliphatic heterocycles. The summed E-state index contributed by atoms with van der Waals surface area (Å²) < 4.78 is 40.6. The van der Waals surface area contributed by atoms with Gasteiger partial charge in [0.15, 0.2) is 0 Å². The molecule has 2 fully saturated rings. The van der Waals surface area contributed by atoms with Crippen molar-refractivity contribution >= 4 is 17.5 Å². The highest BCUT2D eigenvalue weighted by molar-refractivity contribution is 6.02. The minimum absolute atomic E-state index is 0.00206. The summed E-state index contributed by atoms with van der Waals surface area (Å²) in [6.07, 6.45) is -2.45. The van der Waals surface area contributed by atoms with Crippen molar-refractivity contribution in [3.8, 4) is 5.75 Å². The van der Waals surface area contributed by atoms with Crippen molar-refractivity contribution in [3.05, 3.63) is 24.3 Å². The Hall–Kier alpha value is -2.25. The Morgan fingerprint density at radius 2 is 1.77 bits per heavy atom. The van der Waals surface area contributed by atoms with Crippen LogP contribution in [-0.4, -0.2) is 42.7 Å². The van der Waals surface area contributed by atoms with Crippen LogP contribution in [0.3, 0.4) is 0 Å². The van der Waals surface area contributed by atoms with E-state index in [0.29, 0.717) is 38.2 Å². The number of ether oxygens (including phenoxy) is 1. The summed E-state index contributed by atoms with van der Waals surface area (Å²) in [4.78, 5) is 28.6. The SMILES string of the molecule is CCCN1CCC2(CCN(c3ccc(OC(F)(F)F)cc3)C2=O)CC1=O. The molecule has 1 unspecified atom stereocenters. The first-order valence-corrected chi connectivity index (χ1v) is 8.70. The van der Waals surface area contributed by atoms with E-state index in [0.717, 1.165) is 6.42 Å². The molecule has 0 N–H and O–H groups in total. The summed E-state index contributed by atoms with van der Waals surface area (Å²) in [5.74, 6) is -0.445. The van der Waals surface area contributed by atoms with Crippen LogP contribution in [-0.2, 0) is 9.59 Å². The van der Waals surface area contributed by atoms with Crippen LogP contribution in [0.5, 0.6) is 5.75 Å². The third kappa shape index (κ3) is 3.64. The first kappa shape index (κ1) is 18.5. The number of likely N-dealkylation sites (tertiary alicyclic amines) is 1. The molecule has 2 saturated heterocycles. The molecule has 26 heavy (non-hydrogen) atoms. The molecule has 1 aromatic rings. The maximum Gasteiger partial charge on any atom is 0.573 e. The van der Waals surface area contributed by atoms with E-state index in [1.165, 1.54) is 24.3 Å². The minimum Gasteiger partial charge on any atom is -0.406 e. The van der Waals surface area contributed by atoms with Crippen molar-refractivity contribution in [2.75, 3.05) is 24.5 Å². The number of benzene rings is 1. The average Bonchev–Trinajstić information content (AvgIpc) is 2.87. The number of rotatable bonds is 4. The van der Waals surface area contributed by atoms with Crippen molar-refractivity contribution in [3.63, 3.8) is 0 Å². The van der Waals surface area contributed by atoms with Crippen molar-refractivity contribution < 1.29 is 27.5 Å². The van der Waals surface area contributed by atoms with E-state index in [9.17, 15) is 22.8 Å². The summed E-state index contributed by atoms with van der Waals surface area (Å²) in [6, 6.07) is 5.25. The van der Waals surface area contributed by atoms with Crippen LogP contribution >= 0.6 is 0 Å². The fourth-order valence-corrected chi connectivity index (χ4v) is 3.76. The third-order valence-corrected chi connectivity index (χ3v) is 5.09. The smallest absolute Gasteiger partial charge is 0.406 e. The van der Waals surface area contributed by atoms with Crippen LogP contribution in [0, 0.1) is 5.41 Å². The van der Waals surface area contributed by atoms with Crippen molar-refractivity contribution in [2.45, 2.75) is 39.0 Å². The van der Waals surface area contributed by atoms with Crippen LogP contribution in [0.4, 0.5) is 18.9 Å². The van der Waals surface area contributed by atoms with E-state index in [2.05, 4.69) is 4.74 Å². The highest BCUT2D eigenvalue weighted by Crippen LogP contribution is 2.43. The number of hydrogen-bond acceptors (Lipinski definition) is 3. The molecule has 0 bridgehead atoms. The second kappa shape index (κ2) is 6.81. The fraction of sp³-hybridized carbons (Fsp3) is 0.556. The molecule has 5 nitrogen and oxygen atoms in total. The van der Waals surface area contributed by atoms with Crippen LogP contribution in [0.25, 0.3) is 0 Å². The zero-order chi connectivity index (χ0) is 18.9. The molecule has 8 heteroatoms. The number of anilines is 1. The van der Waals surface area contributed by atoms with E-state index < -0.39 is 11.8 Å². The second-order valence-corrected chi connectivity index (χ2v) is 6.84. The van der Waals surface area contributed by atoms with Crippen LogP contribution in [0.15, 0.2) is 24.3 Å². The van der Waals surface area contributed by atoms with Gasteiger partial charge in [-0.15, -0.1) is 13.2 Å². The first-order valence-electron chi connectivity index (χ1n) is 8.70. The first-order chi connectivity index (χ1) is 12.2. The van der Waals surface area contributed by atoms with Gasteiger partial charge in [0.2, 0.25) is 11.8 Å². The van der Waals surface area contributed by atoms with Crippen LogP contribution < -0.4 is 9.64 Å². The van der Waals surface area contributed by atoms with Gasteiger partial charge in [0.1, 0.15) is 5.75 Å². The number of nitrogens with zero attached hydrogens (tertiary/aromatic N) is 2. The van der Waals surface area contributed by atoms with Gasteiger partial charge in [0.25, 0.3) is 0 Å². The van der Waals surface area contributed by atoms with Gasteiger partial charge in [-0.25, -0.2) is 0 Å². The quantitative estimate of drug-likeness (QED) is 0.817. The van der Waals surface area contributed by atoms with Crippen LogP contribution in [0.1, 0.15) is 32.6 Å². The molecule has 0 saturated carbocycles. The fourth-order valence-electron chi connectivity index (χ4n) is 3.76. The highest BCUT2D eigenvalue weighted by Gasteiger charge is 2.50. The van der Waals surface area contributed by atoms with Gasteiger partial charge in [0, 0.05) is 31.7 Å². The summed E-state index contributed by atoms with van der Waals surface area (Å²) in [7, 11) is 0. The van der Waals surface area contributed by atoms with E-state index in [-0.39, 0.29) is 24.0 Å². The monoisotopic (exact) mass is 370 g/mol. The molecular weight excluding hydrogens is 349 g/mol. The zero-order valence-electron chi connectivity index (χ0n) is 14.5. The largest absolute Gasteiger partial charge is 0.573 e. The molecule has 1 spiro atoms. The highest BCUT2D eigenvalue weighted by atomic mass is 19.4. The van der Waals surface area contributed by atoms with E-state index in [1.807, 2.05) is 6.92 Å². The number of carbonyl (C=O) groups is 2. The topological polar surface area (TPSA) is 49.9 Å². The van der Waals surface area contributed by atoms with Gasteiger partial charge in [-0.3, -0.25) is 9.59 Å². The zero-order valence-corrected chi connectivity index (χ0v) is 14.5. The van der Waals surface area contributed by atoms with Crippen LogP contribution in [0.2, 0.25) is 0 Å². The molecule has 0 radical (unpaired) electrons. The predicted molar refractivity (Wildman–Crippen MR) is 88.6 cm³/mol. The standard InChI is InChI=1S/C18H21F3N2O3/c1-2-9-22-10-7-17(12-15(22)24)8-11-23(16(17)25)13-3-5-14(6-4-13)26-18(19,20)21/h3-6H,2,7-12H2,1H3. The molecule has 2 aliphatic rings. The Bertz CT molecular complexity index is 690. The third-order valence-electron chi connectivity index (χ3n) is 5.09. The Morgan fingerprint density at radius 1 is 1.12 bits per heavy atom. The molecule has 2 amide bonds. The average molecular weight is 370 g/mol. The molecule has 1 aromatic carbocycles. The summed E-state index contributed by atoms with van der Waals surface area (Å²) in [6.45, 7) is 3.74. The normalized spacial score (nSPS) is 23.8. The molecular formula is C18H21F3N2O3. The predicted octanol–water partition coefficient (Wildman–Crippen LogP) is 3.34. The van der Waals surface area contributed by atoms with E-state index in [1.54, 1.807) is 9.80 Å². The lowest BCUT2D eigenvalue weighted by Gasteiger charge is -2.37. The molecule has 2 heterocycles. The Morgan fingerprint density at radius 3 is 2.35 bits per heavy atom. The molecule has 0 aromatic heterocycles. The van der Waals surface area contributed by atoms with E-state index >= 15 is 0 Å². The van der Waals surface area contributed by atoms with Gasteiger partial charge in [-0.1, -0.05) is 6.92 Å². The maximum absolute atomic E-state index is 13.0. The minimum atomic E-state index is -4.75.